The molecule has 1 aromatic carbocycles. The molecule has 186 valence electrons. The van der Waals surface area contributed by atoms with Gasteiger partial charge in [0.15, 0.2) is 10.3 Å². The SMILES string of the molecule is C=C/C(c1sc(N)nc1C(C)C)=c1/ccccc1=C.CC.CC(C)c1nc(N)sc1-c1ccsc1. The molecule has 0 atom stereocenters. The van der Waals surface area contributed by atoms with Gasteiger partial charge in [-0.3, -0.25) is 0 Å². The number of rotatable bonds is 5. The van der Waals surface area contributed by atoms with Crippen molar-refractivity contribution < 1.29 is 0 Å². The minimum absolute atomic E-state index is 0.329. The van der Waals surface area contributed by atoms with E-state index in [1.807, 2.05) is 38.1 Å². The van der Waals surface area contributed by atoms with E-state index in [-0.39, 0.29) is 0 Å². The first-order valence-electron chi connectivity index (χ1n) is 11.7. The maximum Gasteiger partial charge on any atom is 0.180 e. The van der Waals surface area contributed by atoms with E-state index in [1.54, 1.807) is 22.7 Å². The molecule has 4 N–H and O–H groups in total. The van der Waals surface area contributed by atoms with E-state index in [0.717, 1.165) is 32.3 Å². The molecule has 0 fully saturated rings. The van der Waals surface area contributed by atoms with Crippen LogP contribution in [0.2, 0.25) is 0 Å². The van der Waals surface area contributed by atoms with Crippen molar-refractivity contribution in [2.45, 2.75) is 53.4 Å². The molecular formula is C28H36N4S3. The maximum atomic E-state index is 5.87. The third-order valence-corrected chi connectivity index (χ3v) is 7.54. The highest BCUT2D eigenvalue weighted by atomic mass is 32.1. The fourth-order valence-corrected chi connectivity index (χ4v) is 6.13. The minimum atomic E-state index is 0.329. The molecule has 35 heavy (non-hydrogen) atoms. The topological polar surface area (TPSA) is 77.8 Å². The molecule has 0 aliphatic rings. The first-order valence-corrected chi connectivity index (χ1v) is 14.3. The van der Waals surface area contributed by atoms with Crippen LogP contribution >= 0.6 is 34.0 Å². The standard InChI is InChI=1S/C16H18N2S.C10H12N2S2.C2H6/c1-5-12(13-9-7-6-8-11(13)4)15-14(10(2)3)18-16(17)19-15;1-6(2)8-9(14-10(11)12-8)7-3-4-13-5-7;1-2/h5-10H,1,4H2,2-3H3,(H2,17,18);3-6H,1-2H3,(H2,11,12);1-2H3/b13-12+;;. The molecule has 0 radical (unpaired) electrons. The van der Waals surface area contributed by atoms with Crippen LogP contribution < -0.4 is 21.9 Å². The van der Waals surface area contributed by atoms with Crippen molar-refractivity contribution in [1.29, 1.82) is 0 Å². The van der Waals surface area contributed by atoms with Gasteiger partial charge in [-0.25, -0.2) is 9.97 Å². The molecule has 0 bridgehead atoms. The number of nitrogens with two attached hydrogens (primary N) is 2. The quantitative estimate of drug-likeness (QED) is 0.288. The summed E-state index contributed by atoms with van der Waals surface area (Å²) < 4.78 is 0. The molecule has 3 heterocycles. The summed E-state index contributed by atoms with van der Waals surface area (Å²) in [6, 6.07) is 10.2. The van der Waals surface area contributed by atoms with Crippen LogP contribution in [-0.2, 0) is 0 Å². The fraction of sp³-hybridized carbons (Fsp3) is 0.286. The Bertz CT molecular complexity index is 1330. The van der Waals surface area contributed by atoms with Crippen LogP contribution in [0.1, 0.15) is 69.6 Å². The maximum absolute atomic E-state index is 5.87. The van der Waals surface area contributed by atoms with E-state index >= 15 is 0 Å². The van der Waals surface area contributed by atoms with Crippen molar-refractivity contribution in [3.63, 3.8) is 0 Å². The average Bonchev–Trinajstić information content (AvgIpc) is 3.57. The van der Waals surface area contributed by atoms with Gasteiger partial charge < -0.3 is 11.5 Å². The molecule has 7 heteroatoms. The normalized spacial score (nSPS) is 11.4. The molecular weight excluding hydrogens is 489 g/mol. The van der Waals surface area contributed by atoms with E-state index in [1.165, 1.54) is 21.8 Å². The van der Waals surface area contributed by atoms with Crippen LogP contribution in [0.15, 0.2) is 53.7 Å². The number of hydrogen-bond donors (Lipinski definition) is 2. The highest BCUT2D eigenvalue weighted by Gasteiger charge is 2.16. The number of nitrogens with zero attached hydrogens (tertiary/aromatic N) is 2. The van der Waals surface area contributed by atoms with Crippen molar-refractivity contribution >= 4 is 56.4 Å². The van der Waals surface area contributed by atoms with Gasteiger partial charge in [-0.1, -0.05) is 108 Å². The van der Waals surface area contributed by atoms with Crippen LogP contribution in [0, 0.1) is 0 Å². The predicted octanol–water partition coefficient (Wildman–Crippen LogP) is 7.25. The van der Waals surface area contributed by atoms with Gasteiger partial charge >= 0.3 is 0 Å². The van der Waals surface area contributed by atoms with Gasteiger partial charge in [0.25, 0.3) is 0 Å². The largest absolute Gasteiger partial charge is 0.375 e. The third-order valence-electron chi connectivity index (χ3n) is 4.97. The molecule has 0 aliphatic heterocycles. The second-order valence-corrected chi connectivity index (χ2v) is 11.0. The summed E-state index contributed by atoms with van der Waals surface area (Å²) in [5.74, 6) is 0.758. The van der Waals surface area contributed by atoms with Crippen LogP contribution in [-0.4, -0.2) is 9.97 Å². The summed E-state index contributed by atoms with van der Waals surface area (Å²) in [6.45, 7) is 20.5. The molecule has 0 aliphatic carbocycles. The van der Waals surface area contributed by atoms with Gasteiger partial charge in [0.05, 0.1) is 21.1 Å². The molecule has 0 amide bonds. The Morgan fingerprint density at radius 1 is 0.914 bits per heavy atom. The zero-order valence-electron chi connectivity index (χ0n) is 21.5. The summed E-state index contributed by atoms with van der Waals surface area (Å²) in [6.07, 6.45) is 1.86. The highest BCUT2D eigenvalue weighted by Crippen LogP contribution is 2.36. The third kappa shape index (κ3) is 7.13. The molecule has 0 saturated heterocycles. The average molecular weight is 525 g/mol. The van der Waals surface area contributed by atoms with Crippen molar-refractivity contribution in [3.05, 3.63) is 80.4 Å². The lowest BCUT2D eigenvalue weighted by Gasteiger charge is -2.06. The zero-order valence-corrected chi connectivity index (χ0v) is 23.9. The van der Waals surface area contributed by atoms with E-state index in [2.05, 4.69) is 73.7 Å². The van der Waals surface area contributed by atoms with E-state index < -0.39 is 0 Å². The van der Waals surface area contributed by atoms with Crippen LogP contribution in [0.4, 0.5) is 10.3 Å². The van der Waals surface area contributed by atoms with Gasteiger partial charge in [0, 0.05) is 11.1 Å². The van der Waals surface area contributed by atoms with Crippen LogP contribution in [0.3, 0.4) is 0 Å². The molecule has 0 saturated carbocycles. The first kappa shape index (κ1) is 28.5. The molecule has 0 spiro atoms. The van der Waals surface area contributed by atoms with Crippen molar-refractivity contribution in [1.82, 2.24) is 9.97 Å². The van der Waals surface area contributed by atoms with Crippen molar-refractivity contribution in [2.24, 2.45) is 0 Å². The second-order valence-electron chi connectivity index (χ2n) is 8.13. The second kappa shape index (κ2) is 13.4. The van der Waals surface area contributed by atoms with Crippen LogP contribution in [0.5, 0.6) is 0 Å². The summed E-state index contributed by atoms with van der Waals surface area (Å²) >= 11 is 4.79. The Hall–Kier alpha value is -2.74. The molecule has 0 unspecified atom stereocenters. The Morgan fingerprint density at radius 3 is 2.06 bits per heavy atom. The highest BCUT2D eigenvalue weighted by molar-refractivity contribution is 7.19. The Kier molecular flexibility index (Phi) is 10.9. The predicted molar refractivity (Wildman–Crippen MR) is 160 cm³/mol. The molecule has 4 rings (SSSR count). The minimum Gasteiger partial charge on any atom is -0.375 e. The summed E-state index contributed by atoms with van der Waals surface area (Å²) in [4.78, 5) is 11.1. The lowest BCUT2D eigenvalue weighted by molar-refractivity contribution is 0.831. The summed E-state index contributed by atoms with van der Waals surface area (Å²) in [5.41, 5.74) is 16.1. The van der Waals surface area contributed by atoms with Gasteiger partial charge in [-0.15, -0.1) is 0 Å². The van der Waals surface area contributed by atoms with E-state index in [4.69, 9.17) is 11.5 Å². The lowest BCUT2D eigenvalue weighted by Crippen LogP contribution is -2.24. The van der Waals surface area contributed by atoms with Gasteiger partial charge in [-0.05, 0) is 39.1 Å². The van der Waals surface area contributed by atoms with Gasteiger partial charge in [0.2, 0.25) is 0 Å². The van der Waals surface area contributed by atoms with E-state index in [9.17, 15) is 0 Å². The number of nitrogen functional groups attached to an aromatic ring is 2. The Balaban J connectivity index is 0.000000239. The molecule has 3 aromatic heterocycles. The number of thiophene rings is 1. The van der Waals surface area contributed by atoms with E-state index in [0.29, 0.717) is 22.1 Å². The number of allylic oxidation sites excluding steroid dienone is 1. The number of aromatic nitrogens is 2. The number of thiazole rings is 2. The monoisotopic (exact) mass is 524 g/mol. The zero-order chi connectivity index (χ0) is 26.1. The first-order chi connectivity index (χ1) is 16.7. The molecule has 4 nitrogen and oxygen atoms in total. The Morgan fingerprint density at radius 2 is 1.51 bits per heavy atom. The van der Waals surface area contributed by atoms with Crippen LogP contribution in [0.25, 0.3) is 22.6 Å². The summed E-state index contributed by atoms with van der Waals surface area (Å²) in [7, 11) is 0. The number of hydrogen-bond acceptors (Lipinski definition) is 7. The van der Waals surface area contributed by atoms with Gasteiger partial charge in [0.1, 0.15) is 0 Å². The Labute approximate surface area is 221 Å². The lowest BCUT2D eigenvalue weighted by atomic mass is 10.0. The van der Waals surface area contributed by atoms with Crippen molar-refractivity contribution in [3.8, 4) is 10.4 Å². The number of benzene rings is 1. The smallest absolute Gasteiger partial charge is 0.180 e. The van der Waals surface area contributed by atoms with Gasteiger partial charge in [-0.2, -0.15) is 11.3 Å². The number of anilines is 2. The molecule has 4 aromatic rings. The summed E-state index contributed by atoms with van der Waals surface area (Å²) in [5, 5.41) is 7.55. The fourth-order valence-electron chi connectivity index (χ4n) is 3.38. The van der Waals surface area contributed by atoms with Crippen molar-refractivity contribution in [2.75, 3.05) is 11.5 Å².